The van der Waals surface area contributed by atoms with E-state index in [0.717, 1.165) is 44.2 Å². The second kappa shape index (κ2) is 8.71. The molecule has 1 aromatic carbocycles. The molecule has 0 unspecified atom stereocenters. The van der Waals surface area contributed by atoms with Crippen LogP contribution in [0.25, 0.3) is 11.4 Å². The van der Waals surface area contributed by atoms with Crippen molar-refractivity contribution in [1.82, 2.24) is 14.9 Å². The number of rotatable bonds is 4. The minimum atomic E-state index is 0.598. The highest BCUT2D eigenvalue weighted by atomic mass is 16.5. The Morgan fingerprint density at radius 1 is 1.23 bits per heavy atom. The van der Waals surface area contributed by atoms with E-state index in [1.807, 2.05) is 26.8 Å². The molecule has 3 rings (SSSR count). The monoisotopic (exact) mass is 301 g/mol. The first-order valence-electron chi connectivity index (χ1n) is 8.32. The molecule has 0 aliphatic carbocycles. The third-order valence-corrected chi connectivity index (χ3v) is 3.66. The van der Waals surface area contributed by atoms with E-state index in [2.05, 4.69) is 34.1 Å². The lowest BCUT2D eigenvalue weighted by Gasteiger charge is -2.08. The summed E-state index contributed by atoms with van der Waals surface area (Å²) in [7, 11) is 0. The van der Waals surface area contributed by atoms with E-state index >= 15 is 0 Å². The summed E-state index contributed by atoms with van der Waals surface area (Å²) in [5.41, 5.74) is 3.52. The van der Waals surface area contributed by atoms with Crippen LogP contribution in [0.4, 0.5) is 0 Å². The van der Waals surface area contributed by atoms with Crippen molar-refractivity contribution in [3.05, 3.63) is 41.7 Å². The van der Waals surface area contributed by atoms with E-state index < -0.39 is 0 Å². The van der Waals surface area contributed by atoms with Gasteiger partial charge in [0.1, 0.15) is 5.82 Å². The largest absolute Gasteiger partial charge is 0.375 e. The van der Waals surface area contributed by atoms with E-state index in [0.29, 0.717) is 6.61 Å². The first kappa shape index (κ1) is 16.7. The normalized spacial score (nSPS) is 13.8. The minimum absolute atomic E-state index is 0.598. The van der Waals surface area contributed by atoms with E-state index in [4.69, 9.17) is 9.72 Å². The molecule has 0 saturated carbocycles. The highest BCUT2D eigenvalue weighted by molar-refractivity contribution is 5.57. The minimum Gasteiger partial charge on any atom is -0.375 e. The summed E-state index contributed by atoms with van der Waals surface area (Å²) < 4.78 is 7.92. The molecule has 0 fully saturated rings. The van der Waals surface area contributed by atoms with Crippen LogP contribution in [0.2, 0.25) is 0 Å². The van der Waals surface area contributed by atoms with Gasteiger partial charge in [-0.2, -0.15) is 0 Å². The molecule has 1 aliphatic rings. The number of nitrogens with one attached hydrogen (secondary N) is 1. The van der Waals surface area contributed by atoms with Gasteiger partial charge in [-0.1, -0.05) is 44.2 Å². The molecule has 4 nitrogen and oxygen atoms in total. The van der Waals surface area contributed by atoms with Gasteiger partial charge in [-0.3, -0.25) is 0 Å². The Balaban J connectivity index is 0.000000847. The summed E-state index contributed by atoms with van der Waals surface area (Å²) in [6.07, 6.45) is 1.14. The zero-order valence-corrected chi connectivity index (χ0v) is 13.9. The predicted molar refractivity (Wildman–Crippen MR) is 90.7 cm³/mol. The van der Waals surface area contributed by atoms with Crippen molar-refractivity contribution >= 4 is 0 Å². The Labute approximate surface area is 133 Å². The van der Waals surface area contributed by atoms with Crippen molar-refractivity contribution in [2.45, 2.75) is 46.9 Å². The van der Waals surface area contributed by atoms with Crippen LogP contribution in [0.15, 0.2) is 30.3 Å². The van der Waals surface area contributed by atoms with Crippen molar-refractivity contribution in [2.24, 2.45) is 0 Å². The number of imidazole rings is 1. The summed E-state index contributed by atoms with van der Waals surface area (Å²) in [4.78, 5) is 4.84. The molecule has 0 radical (unpaired) electrons. The molecule has 1 N–H and O–H groups in total. The predicted octanol–water partition coefficient (Wildman–Crippen LogP) is 3.61. The quantitative estimate of drug-likeness (QED) is 0.937. The molecule has 2 heterocycles. The zero-order chi connectivity index (χ0) is 15.8. The van der Waals surface area contributed by atoms with Crippen molar-refractivity contribution in [2.75, 3.05) is 13.2 Å². The Bertz CT molecular complexity index is 563. The molecule has 1 aromatic heterocycles. The highest BCUT2D eigenvalue weighted by Crippen LogP contribution is 2.24. The van der Waals surface area contributed by atoms with Crippen molar-refractivity contribution in [3.63, 3.8) is 0 Å². The number of ether oxygens (including phenoxy) is 1. The van der Waals surface area contributed by atoms with Gasteiger partial charge in [0.2, 0.25) is 0 Å². The first-order valence-corrected chi connectivity index (χ1v) is 8.32. The molecule has 22 heavy (non-hydrogen) atoms. The van der Waals surface area contributed by atoms with Crippen LogP contribution in [0, 0.1) is 0 Å². The number of hydrogen-bond acceptors (Lipinski definition) is 3. The molecule has 2 aromatic rings. The smallest absolute Gasteiger partial charge is 0.140 e. The Kier molecular flexibility index (Phi) is 6.62. The molecule has 4 heteroatoms. The van der Waals surface area contributed by atoms with Gasteiger partial charge in [0.25, 0.3) is 0 Å². The van der Waals surface area contributed by atoms with Crippen LogP contribution in [-0.4, -0.2) is 22.7 Å². The molecular formula is C18H27N3O. The number of hydrogen-bond donors (Lipinski definition) is 1. The fourth-order valence-corrected chi connectivity index (χ4v) is 2.67. The lowest BCUT2D eigenvalue weighted by atomic mass is 10.2. The van der Waals surface area contributed by atoms with Gasteiger partial charge in [0.15, 0.2) is 0 Å². The maximum absolute atomic E-state index is 5.57. The number of nitrogens with zero attached hydrogens (tertiary/aromatic N) is 2. The zero-order valence-electron chi connectivity index (χ0n) is 13.9. The lowest BCUT2D eigenvalue weighted by Crippen LogP contribution is -2.13. The van der Waals surface area contributed by atoms with Crippen LogP contribution in [-0.2, 0) is 24.4 Å². The summed E-state index contributed by atoms with van der Waals surface area (Å²) in [5.74, 6) is 1.07. The molecule has 0 bridgehead atoms. The van der Waals surface area contributed by atoms with Crippen LogP contribution < -0.4 is 5.32 Å². The van der Waals surface area contributed by atoms with Crippen LogP contribution in [0.1, 0.15) is 38.6 Å². The maximum atomic E-state index is 5.57. The van der Waals surface area contributed by atoms with Crippen LogP contribution in [0.5, 0.6) is 0 Å². The SMILES string of the molecule is CC.CCOCc1nc(-c2ccccc2)n2c1CNCCC2. The summed E-state index contributed by atoms with van der Waals surface area (Å²) in [6.45, 7) is 10.3. The van der Waals surface area contributed by atoms with Gasteiger partial charge >= 0.3 is 0 Å². The van der Waals surface area contributed by atoms with Gasteiger partial charge in [-0.15, -0.1) is 0 Å². The summed E-state index contributed by atoms with van der Waals surface area (Å²) >= 11 is 0. The van der Waals surface area contributed by atoms with Gasteiger partial charge in [0, 0.05) is 25.3 Å². The van der Waals surface area contributed by atoms with E-state index in [9.17, 15) is 0 Å². The van der Waals surface area contributed by atoms with Gasteiger partial charge in [-0.25, -0.2) is 4.98 Å². The Morgan fingerprint density at radius 3 is 2.73 bits per heavy atom. The third kappa shape index (κ3) is 3.76. The van der Waals surface area contributed by atoms with Gasteiger partial charge in [-0.05, 0) is 19.9 Å². The summed E-state index contributed by atoms with van der Waals surface area (Å²) in [5, 5.41) is 3.47. The fourth-order valence-electron chi connectivity index (χ4n) is 2.67. The van der Waals surface area contributed by atoms with E-state index in [1.165, 1.54) is 11.3 Å². The Hall–Kier alpha value is -1.65. The summed E-state index contributed by atoms with van der Waals surface area (Å²) in [6, 6.07) is 10.4. The highest BCUT2D eigenvalue weighted by Gasteiger charge is 2.19. The molecule has 0 saturated heterocycles. The topological polar surface area (TPSA) is 39.1 Å². The van der Waals surface area contributed by atoms with Crippen molar-refractivity contribution in [1.29, 1.82) is 0 Å². The molecule has 120 valence electrons. The maximum Gasteiger partial charge on any atom is 0.140 e. The fraction of sp³-hybridized carbons (Fsp3) is 0.500. The number of fused-ring (bicyclic) bond motifs is 1. The van der Waals surface area contributed by atoms with E-state index in [1.54, 1.807) is 0 Å². The second-order valence-electron chi connectivity index (χ2n) is 5.01. The lowest BCUT2D eigenvalue weighted by molar-refractivity contribution is 0.131. The Morgan fingerprint density at radius 2 is 2.00 bits per heavy atom. The third-order valence-electron chi connectivity index (χ3n) is 3.66. The van der Waals surface area contributed by atoms with E-state index in [-0.39, 0.29) is 0 Å². The van der Waals surface area contributed by atoms with Crippen molar-refractivity contribution < 1.29 is 4.74 Å². The first-order chi connectivity index (χ1) is 10.9. The molecule has 0 atom stereocenters. The van der Waals surface area contributed by atoms with Crippen LogP contribution in [0.3, 0.4) is 0 Å². The molecule has 0 amide bonds. The van der Waals surface area contributed by atoms with Gasteiger partial charge in [0.05, 0.1) is 18.0 Å². The average molecular weight is 301 g/mol. The second-order valence-corrected chi connectivity index (χ2v) is 5.01. The molecule has 1 aliphatic heterocycles. The standard InChI is InChI=1S/C16H21N3O.C2H6/c1-2-20-12-14-15-11-17-9-6-10-19(15)16(18-14)13-7-4-3-5-8-13;1-2/h3-5,7-8,17H,2,6,9-12H2,1H3;1-2H3. The van der Waals surface area contributed by atoms with Gasteiger partial charge < -0.3 is 14.6 Å². The van der Waals surface area contributed by atoms with Crippen molar-refractivity contribution in [3.8, 4) is 11.4 Å². The molecular weight excluding hydrogens is 274 g/mol. The average Bonchev–Trinajstić information content (AvgIpc) is 2.76. The molecule has 0 spiro atoms. The van der Waals surface area contributed by atoms with Crippen LogP contribution >= 0.6 is 0 Å². The number of benzene rings is 1. The number of aromatic nitrogens is 2.